The fraction of sp³-hybridized carbons (Fsp3) is 0.100. The Bertz CT molecular complexity index is 1170. The first-order valence-corrected chi connectivity index (χ1v) is 10.8. The van der Waals surface area contributed by atoms with Crippen LogP contribution in [0.3, 0.4) is 0 Å². The summed E-state index contributed by atoms with van der Waals surface area (Å²) in [7, 11) is -3.89. The van der Waals surface area contributed by atoms with Crippen molar-refractivity contribution in [3.05, 3.63) is 87.7 Å². The van der Waals surface area contributed by atoms with Crippen molar-refractivity contribution in [2.75, 3.05) is 4.72 Å². The van der Waals surface area contributed by atoms with Gasteiger partial charge in [-0.15, -0.1) is 0 Å². The van der Waals surface area contributed by atoms with Gasteiger partial charge in [-0.2, -0.15) is 0 Å². The molecule has 0 spiro atoms. The highest BCUT2D eigenvalue weighted by molar-refractivity contribution is 7.92. The number of halogens is 2. The maximum atomic E-state index is 12.6. The van der Waals surface area contributed by atoms with Gasteiger partial charge in [-0.05, 0) is 55.0 Å². The van der Waals surface area contributed by atoms with Crippen LogP contribution in [0.2, 0.25) is 10.0 Å². The van der Waals surface area contributed by atoms with Gasteiger partial charge in [0.1, 0.15) is 0 Å². The van der Waals surface area contributed by atoms with Crippen molar-refractivity contribution in [1.29, 1.82) is 0 Å². The summed E-state index contributed by atoms with van der Waals surface area (Å²) in [5, 5.41) is 3.17. The second-order valence-electron chi connectivity index (χ2n) is 6.21. The number of nitrogens with zero attached hydrogens (tertiary/aromatic N) is 1. The predicted octanol–water partition coefficient (Wildman–Crippen LogP) is 4.43. The van der Waals surface area contributed by atoms with Crippen molar-refractivity contribution in [2.45, 2.75) is 18.4 Å². The van der Waals surface area contributed by atoms with Gasteiger partial charge in [0.2, 0.25) is 0 Å². The van der Waals surface area contributed by atoms with E-state index in [4.69, 9.17) is 23.2 Å². The quantitative estimate of drug-likeness (QED) is 0.582. The second kappa shape index (κ2) is 8.82. The van der Waals surface area contributed by atoms with E-state index in [-0.39, 0.29) is 33.1 Å². The molecule has 0 atom stereocenters. The zero-order valence-electron chi connectivity index (χ0n) is 15.3. The number of benzene rings is 2. The smallest absolute Gasteiger partial charge is 0.261 e. The van der Waals surface area contributed by atoms with Crippen LogP contribution in [0.25, 0.3) is 0 Å². The van der Waals surface area contributed by atoms with Gasteiger partial charge in [0.15, 0.2) is 0 Å². The normalized spacial score (nSPS) is 11.1. The van der Waals surface area contributed by atoms with Crippen molar-refractivity contribution in [3.8, 4) is 0 Å². The molecule has 0 radical (unpaired) electrons. The van der Waals surface area contributed by atoms with Crippen molar-refractivity contribution < 1.29 is 13.2 Å². The number of sulfonamides is 1. The van der Waals surface area contributed by atoms with Gasteiger partial charge in [-0.25, -0.2) is 8.42 Å². The largest absolute Gasteiger partial charge is 0.346 e. The standard InChI is InChI=1S/C20H17Cl2N3O3S/c1-13-4-3-9-23-19(13)12-24-20(26)14-5-2-6-15(10-14)25-29(27,28)16-7-8-17(21)18(22)11-16/h2-11,25H,12H2,1H3,(H,24,26). The Hall–Kier alpha value is -2.61. The van der Waals surface area contributed by atoms with Crippen LogP contribution >= 0.6 is 23.2 Å². The summed E-state index contributed by atoms with van der Waals surface area (Å²) in [4.78, 5) is 16.6. The monoisotopic (exact) mass is 449 g/mol. The number of aromatic nitrogens is 1. The number of carbonyl (C=O) groups is 1. The summed E-state index contributed by atoms with van der Waals surface area (Å²) in [6.07, 6.45) is 1.66. The van der Waals surface area contributed by atoms with E-state index in [9.17, 15) is 13.2 Å². The fourth-order valence-electron chi connectivity index (χ4n) is 2.55. The zero-order valence-corrected chi connectivity index (χ0v) is 17.6. The van der Waals surface area contributed by atoms with Gasteiger partial charge < -0.3 is 5.32 Å². The van der Waals surface area contributed by atoms with Gasteiger partial charge in [-0.3, -0.25) is 14.5 Å². The molecule has 3 rings (SSSR count). The number of aryl methyl sites for hydroxylation is 1. The molecule has 1 amide bonds. The minimum atomic E-state index is -3.89. The Morgan fingerprint density at radius 1 is 1.03 bits per heavy atom. The fourth-order valence-corrected chi connectivity index (χ4v) is 3.99. The van der Waals surface area contributed by atoms with E-state index in [1.165, 1.54) is 24.3 Å². The molecule has 9 heteroatoms. The maximum Gasteiger partial charge on any atom is 0.261 e. The van der Waals surface area contributed by atoms with E-state index in [1.807, 2.05) is 19.1 Å². The third kappa shape index (κ3) is 5.26. The first kappa shape index (κ1) is 21.1. The first-order valence-electron chi connectivity index (χ1n) is 8.53. The summed E-state index contributed by atoms with van der Waals surface area (Å²) in [6.45, 7) is 2.18. The molecular formula is C20H17Cl2N3O3S. The van der Waals surface area contributed by atoms with Crippen LogP contribution in [-0.2, 0) is 16.6 Å². The average Bonchev–Trinajstić information content (AvgIpc) is 2.69. The van der Waals surface area contributed by atoms with Crippen molar-refractivity contribution in [3.63, 3.8) is 0 Å². The highest BCUT2D eigenvalue weighted by Crippen LogP contribution is 2.26. The molecular weight excluding hydrogens is 433 g/mol. The van der Waals surface area contributed by atoms with Gasteiger partial charge in [-0.1, -0.05) is 35.3 Å². The molecule has 0 saturated carbocycles. The Kier molecular flexibility index (Phi) is 6.42. The summed E-state index contributed by atoms with van der Waals surface area (Å²) >= 11 is 11.7. The van der Waals surface area contributed by atoms with Crippen molar-refractivity contribution >= 4 is 44.8 Å². The van der Waals surface area contributed by atoms with E-state index >= 15 is 0 Å². The van der Waals surface area contributed by atoms with Gasteiger partial charge >= 0.3 is 0 Å². The number of hydrogen-bond donors (Lipinski definition) is 2. The zero-order chi connectivity index (χ0) is 21.0. The molecule has 0 unspecified atom stereocenters. The molecule has 2 aromatic carbocycles. The molecule has 1 heterocycles. The highest BCUT2D eigenvalue weighted by atomic mass is 35.5. The van der Waals surface area contributed by atoms with Crippen LogP contribution in [-0.4, -0.2) is 19.3 Å². The van der Waals surface area contributed by atoms with Gasteiger partial charge in [0, 0.05) is 17.4 Å². The number of nitrogens with one attached hydrogen (secondary N) is 2. The molecule has 29 heavy (non-hydrogen) atoms. The highest BCUT2D eigenvalue weighted by Gasteiger charge is 2.16. The summed E-state index contributed by atoms with van der Waals surface area (Å²) in [5.74, 6) is -0.342. The molecule has 0 saturated heterocycles. The lowest BCUT2D eigenvalue weighted by Gasteiger charge is -2.11. The summed E-state index contributed by atoms with van der Waals surface area (Å²) in [6, 6.07) is 13.9. The van der Waals surface area contributed by atoms with E-state index in [0.29, 0.717) is 5.56 Å². The topological polar surface area (TPSA) is 88.2 Å². The van der Waals surface area contributed by atoms with Crippen LogP contribution in [0.15, 0.2) is 65.7 Å². The number of hydrogen-bond acceptors (Lipinski definition) is 4. The minimum absolute atomic E-state index is 0.0348. The Morgan fingerprint density at radius 2 is 1.83 bits per heavy atom. The lowest BCUT2D eigenvalue weighted by Crippen LogP contribution is -2.24. The number of anilines is 1. The molecule has 0 aliphatic carbocycles. The molecule has 0 fully saturated rings. The Balaban J connectivity index is 1.74. The first-order chi connectivity index (χ1) is 13.8. The molecule has 0 aliphatic heterocycles. The van der Waals surface area contributed by atoms with Crippen LogP contribution in [0, 0.1) is 6.92 Å². The third-order valence-electron chi connectivity index (χ3n) is 4.11. The maximum absolute atomic E-state index is 12.6. The third-order valence-corrected chi connectivity index (χ3v) is 6.23. The number of amides is 1. The van der Waals surface area contributed by atoms with Crippen molar-refractivity contribution in [1.82, 2.24) is 10.3 Å². The SMILES string of the molecule is Cc1cccnc1CNC(=O)c1cccc(NS(=O)(=O)c2ccc(Cl)c(Cl)c2)c1. The molecule has 0 bridgehead atoms. The lowest BCUT2D eigenvalue weighted by atomic mass is 10.2. The second-order valence-corrected chi connectivity index (χ2v) is 8.71. The number of pyridine rings is 1. The van der Waals surface area contributed by atoms with E-state index < -0.39 is 10.0 Å². The van der Waals surface area contributed by atoms with Crippen molar-refractivity contribution in [2.24, 2.45) is 0 Å². The average molecular weight is 450 g/mol. The van der Waals surface area contributed by atoms with E-state index in [0.717, 1.165) is 11.3 Å². The molecule has 2 N–H and O–H groups in total. The Morgan fingerprint density at radius 3 is 2.55 bits per heavy atom. The lowest BCUT2D eigenvalue weighted by molar-refractivity contribution is 0.0950. The molecule has 6 nitrogen and oxygen atoms in total. The van der Waals surface area contributed by atoms with Crippen LogP contribution in [0.4, 0.5) is 5.69 Å². The van der Waals surface area contributed by atoms with E-state index in [2.05, 4.69) is 15.0 Å². The molecule has 1 aromatic heterocycles. The number of rotatable bonds is 6. The van der Waals surface area contributed by atoms with Crippen LogP contribution < -0.4 is 10.0 Å². The molecule has 150 valence electrons. The van der Waals surface area contributed by atoms with Gasteiger partial charge in [0.05, 0.1) is 27.2 Å². The van der Waals surface area contributed by atoms with Crippen LogP contribution in [0.5, 0.6) is 0 Å². The van der Waals surface area contributed by atoms with Gasteiger partial charge in [0.25, 0.3) is 15.9 Å². The van der Waals surface area contributed by atoms with Crippen LogP contribution in [0.1, 0.15) is 21.6 Å². The summed E-state index contributed by atoms with van der Waals surface area (Å²) in [5.41, 5.74) is 2.29. The Labute approximate surface area is 178 Å². The number of carbonyl (C=O) groups excluding carboxylic acids is 1. The predicted molar refractivity (Wildman–Crippen MR) is 114 cm³/mol. The minimum Gasteiger partial charge on any atom is -0.346 e. The molecule has 3 aromatic rings. The molecule has 0 aliphatic rings. The van der Waals surface area contributed by atoms with E-state index in [1.54, 1.807) is 24.4 Å². The summed E-state index contributed by atoms with van der Waals surface area (Å²) < 4.78 is 27.6.